The van der Waals surface area contributed by atoms with Crippen LogP contribution in [0, 0.1) is 17.1 Å². The lowest BCUT2D eigenvalue weighted by atomic mass is 10.1. The summed E-state index contributed by atoms with van der Waals surface area (Å²) in [5.74, 6) is -0.228. The van der Waals surface area contributed by atoms with Crippen LogP contribution in [0.3, 0.4) is 0 Å². The second kappa shape index (κ2) is 6.07. The Balaban J connectivity index is 2.07. The van der Waals surface area contributed by atoms with Crippen molar-refractivity contribution in [2.45, 2.75) is 19.5 Å². The van der Waals surface area contributed by atoms with Gasteiger partial charge >= 0.3 is 0 Å². The summed E-state index contributed by atoms with van der Waals surface area (Å²) in [6.07, 6.45) is 1.59. The van der Waals surface area contributed by atoms with E-state index in [4.69, 9.17) is 5.26 Å². The van der Waals surface area contributed by atoms with Gasteiger partial charge in [-0.2, -0.15) is 5.26 Å². The van der Waals surface area contributed by atoms with Crippen LogP contribution in [0.1, 0.15) is 29.8 Å². The van der Waals surface area contributed by atoms with Gasteiger partial charge < -0.3 is 5.32 Å². The zero-order chi connectivity index (χ0) is 13.7. The maximum atomic E-state index is 13.6. The van der Waals surface area contributed by atoms with Crippen molar-refractivity contribution in [3.8, 4) is 6.07 Å². The first kappa shape index (κ1) is 13.2. The number of hydrogen-bond acceptors (Lipinski definition) is 3. The molecule has 0 amide bonds. The van der Waals surface area contributed by atoms with Crippen LogP contribution in [0.25, 0.3) is 0 Å². The lowest BCUT2D eigenvalue weighted by Gasteiger charge is -2.15. The molecule has 2 rings (SSSR count). The topological polar surface area (TPSA) is 48.7 Å². The number of rotatable bonds is 4. The van der Waals surface area contributed by atoms with Gasteiger partial charge in [0, 0.05) is 29.9 Å². The van der Waals surface area contributed by atoms with Crippen LogP contribution in [0.4, 0.5) is 4.39 Å². The molecule has 0 unspecified atom stereocenters. The van der Waals surface area contributed by atoms with E-state index in [-0.39, 0.29) is 11.9 Å². The van der Waals surface area contributed by atoms with E-state index in [0.717, 1.165) is 5.56 Å². The van der Waals surface area contributed by atoms with Crippen LogP contribution in [0.5, 0.6) is 0 Å². The monoisotopic (exact) mass is 255 g/mol. The second-order valence-electron chi connectivity index (χ2n) is 4.25. The van der Waals surface area contributed by atoms with Crippen LogP contribution in [0.2, 0.25) is 0 Å². The quantitative estimate of drug-likeness (QED) is 0.913. The lowest BCUT2D eigenvalue weighted by molar-refractivity contribution is 0.527. The van der Waals surface area contributed by atoms with Gasteiger partial charge in [-0.3, -0.25) is 0 Å². The SMILES string of the molecule is C[C@@H](NCc1cccnc1C#N)c1ccccc1F. The van der Waals surface area contributed by atoms with Crippen molar-refractivity contribution in [2.75, 3.05) is 0 Å². The van der Waals surface area contributed by atoms with Crippen molar-refractivity contribution in [2.24, 2.45) is 0 Å². The molecule has 0 aliphatic carbocycles. The van der Waals surface area contributed by atoms with Crippen molar-refractivity contribution < 1.29 is 4.39 Å². The van der Waals surface area contributed by atoms with E-state index in [9.17, 15) is 4.39 Å². The Labute approximate surface area is 111 Å². The fourth-order valence-corrected chi connectivity index (χ4v) is 1.88. The highest BCUT2D eigenvalue weighted by atomic mass is 19.1. The summed E-state index contributed by atoms with van der Waals surface area (Å²) in [6.45, 7) is 2.37. The fraction of sp³-hybridized carbons (Fsp3) is 0.200. The molecule has 1 N–H and O–H groups in total. The maximum Gasteiger partial charge on any atom is 0.144 e. The molecule has 19 heavy (non-hydrogen) atoms. The highest BCUT2D eigenvalue weighted by Gasteiger charge is 2.10. The van der Waals surface area contributed by atoms with Crippen LogP contribution in [0.15, 0.2) is 42.6 Å². The first-order valence-corrected chi connectivity index (χ1v) is 6.04. The van der Waals surface area contributed by atoms with E-state index < -0.39 is 0 Å². The number of aromatic nitrogens is 1. The van der Waals surface area contributed by atoms with Crippen molar-refractivity contribution in [1.29, 1.82) is 5.26 Å². The van der Waals surface area contributed by atoms with Crippen LogP contribution in [-0.2, 0) is 6.54 Å². The Morgan fingerprint density at radius 3 is 2.84 bits per heavy atom. The van der Waals surface area contributed by atoms with Gasteiger partial charge in [-0.15, -0.1) is 0 Å². The Hall–Kier alpha value is -2.25. The Kier molecular flexibility index (Phi) is 4.22. The molecule has 1 aromatic heterocycles. The van der Waals surface area contributed by atoms with Crippen LogP contribution in [-0.4, -0.2) is 4.98 Å². The minimum Gasteiger partial charge on any atom is -0.306 e. The molecule has 3 nitrogen and oxygen atoms in total. The van der Waals surface area contributed by atoms with Crippen molar-refractivity contribution in [3.63, 3.8) is 0 Å². The smallest absolute Gasteiger partial charge is 0.144 e. The number of nitriles is 1. The average molecular weight is 255 g/mol. The summed E-state index contributed by atoms with van der Waals surface area (Å²) < 4.78 is 13.6. The van der Waals surface area contributed by atoms with Gasteiger partial charge in [0.25, 0.3) is 0 Å². The van der Waals surface area contributed by atoms with E-state index in [1.807, 2.05) is 19.1 Å². The third-order valence-electron chi connectivity index (χ3n) is 2.97. The van der Waals surface area contributed by atoms with E-state index in [1.165, 1.54) is 6.07 Å². The molecule has 0 aliphatic heterocycles. The number of nitrogens with one attached hydrogen (secondary N) is 1. The van der Waals surface area contributed by atoms with E-state index in [2.05, 4.69) is 10.3 Å². The summed E-state index contributed by atoms with van der Waals surface area (Å²) in [7, 11) is 0. The fourth-order valence-electron chi connectivity index (χ4n) is 1.88. The minimum absolute atomic E-state index is 0.132. The van der Waals surface area contributed by atoms with Gasteiger partial charge in [-0.05, 0) is 19.1 Å². The summed E-state index contributed by atoms with van der Waals surface area (Å²) in [6, 6.07) is 12.2. The predicted molar refractivity (Wildman–Crippen MR) is 70.6 cm³/mol. The average Bonchev–Trinajstić information content (AvgIpc) is 2.45. The highest BCUT2D eigenvalue weighted by Crippen LogP contribution is 2.16. The molecule has 0 bridgehead atoms. The number of nitrogens with zero attached hydrogens (tertiary/aromatic N) is 2. The van der Waals surface area contributed by atoms with E-state index >= 15 is 0 Å². The molecule has 1 heterocycles. The van der Waals surface area contributed by atoms with Crippen molar-refractivity contribution >= 4 is 0 Å². The molecule has 1 atom stereocenters. The summed E-state index contributed by atoms with van der Waals surface area (Å²) in [4.78, 5) is 3.99. The first-order valence-electron chi connectivity index (χ1n) is 6.04. The van der Waals surface area contributed by atoms with Crippen LogP contribution >= 0.6 is 0 Å². The molecule has 0 fully saturated rings. The highest BCUT2D eigenvalue weighted by molar-refractivity contribution is 5.30. The van der Waals surface area contributed by atoms with Gasteiger partial charge in [-0.25, -0.2) is 9.37 Å². The van der Waals surface area contributed by atoms with Gasteiger partial charge in [0.2, 0.25) is 0 Å². The molecule has 0 spiro atoms. The first-order chi connectivity index (χ1) is 9.22. The molecule has 96 valence electrons. The summed E-state index contributed by atoms with van der Waals surface area (Å²) >= 11 is 0. The maximum absolute atomic E-state index is 13.6. The standard InChI is InChI=1S/C15H14FN3/c1-11(13-6-2-3-7-14(13)16)19-10-12-5-4-8-18-15(12)9-17/h2-8,11,19H,10H2,1H3/t11-/m1/s1. The Morgan fingerprint density at radius 2 is 2.11 bits per heavy atom. The van der Waals surface area contributed by atoms with Crippen molar-refractivity contribution in [3.05, 3.63) is 65.2 Å². The normalized spacial score (nSPS) is 11.8. The van der Waals surface area contributed by atoms with Gasteiger partial charge in [-0.1, -0.05) is 24.3 Å². The number of benzene rings is 1. The zero-order valence-corrected chi connectivity index (χ0v) is 10.6. The number of hydrogen-bond donors (Lipinski definition) is 1. The molecule has 2 aromatic rings. The molecule has 0 saturated heterocycles. The predicted octanol–water partition coefficient (Wildman–Crippen LogP) is 2.94. The molecule has 0 saturated carbocycles. The Bertz CT molecular complexity index is 604. The number of halogens is 1. The van der Waals surface area contributed by atoms with Gasteiger partial charge in [0.05, 0.1) is 0 Å². The third kappa shape index (κ3) is 3.15. The molecular weight excluding hydrogens is 241 g/mol. The van der Waals surface area contributed by atoms with Crippen LogP contribution < -0.4 is 5.32 Å². The summed E-state index contributed by atoms with van der Waals surface area (Å²) in [5, 5.41) is 12.1. The van der Waals surface area contributed by atoms with Gasteiger partial charge in [0.15, 0.2) is 0 Å². The summed E-state index contributed by atoms with van der Waals surface area (Å²) in [5.41, 5.74) is 1.83. The largest absolute Gasteiger partial charge is 0.306 e. The zero-order valence-electron chi connectivity index (χ0n) is 10.6. The van der Waals surface area contributed by atoms with Gasteiger partial charge in [0.1, 0.15) is 17.6 Å². The number of pyridine rings is 1. The molecular formula is C15H14FN3. The third-order valence-corrected chi connectivity index (χ3v) is 2.97. The lowest BCUT2D eigenvalue weighted by Crippen LogP contribution is -2.19. The molecule has 4 heteroatoms. The minimum atomic E-state index is -0.228. The molecule has 0 radical (unpaired) electrons. The Morgan fingerprint density at radius 1 is 1.32 bits per heavy atom. The van der Waals surface area contributed by atoms with E-state index in [1.54, 1.807) is 30.5 Å². The second-order valence-corrected chi connectivity index (χ2v) is 4.25. The van der Waals surface area contributed by atoms with E-state index in [0.29, 0.717) is 17.8 Å². The van der Waals surface area contributed by atoms with Crippen molar-refractivity contribution in [1.82, 2.24) is 10.3 Å². The molecule has 0 aliphatic rings. The molecule has 1 aromatic carbocycles.